The van der Waals surface area contributed by atoms with E-state index in [-0.39, 0.29) is 6.61 Å². The van der Waals surface area contributed by atoms with Crippen LogP contribution in [-0.4, -0.2) is 40.0 Å². The van der Waals surface area contributed by atoms with Crippen LogP contribution in [0.2, 0.25) is 0 Å². The first-order valence-electron chi connectivity index (χ1n) is 11.5. The van der Waals surface area contributed by atoms with E-state index in [9.17, 15) is 4.79 Å². The number of carbonyl (C=O) groups excluding carboxylic acids is 1. The van der Waals surface area contributed by atoms with Gasteiger partial charge in [0.2, 0.25) is 5.71 Å². The third-order valence-corrected chi connectivity index (χ3v) is 6.05. The average Bonchev–Trinajstić information content (AvgIpc) is 3.35. The summed E-state index contributed by atoms with van der Waals surface area (Å²) in [7, 11) is 0. The smallest absolute Gasteiger partial charge is 0.342 e. The molecule has 1 saturated heterocycles. The van der Waals surface area contributed by atoms with E-state index in [1.807, 2.05) is 12.1 Å². The zero-order valence-electron chi connectivity index (χ0n) is 19.4. The van der Waals surface area contributed by atoms with Crippen LogP contribution in [0.5, 0.6) is 0 Å². The molecule has 1 N–H and O–H groups in total. The fourth-order valence-electron chi connectivity index (χ4n) is 4.50. The second kappa shape index (κ2) is 9.73. The number of piperidine rings is 1. The molecule has 0 radical (unpaired) electrons. The normalized spacial score (nSPS) is 17.1. The Kier molecular flexibility index (Phi) is 6.79. The molecule has 1 aliphatic heterocycles. The van der Waals surface area contributed by atoms with Crippen molar-refractivity contribution in [2.24, 2.45) is 0 Å². The Bertz CT molecular complexity index is 1090. The van der Waals surface area contributed by atoms with Crippen LogP contribution in [0.15, 0.2) is 21.0 Å². The summed E-state index contributed by atoms with van der Waals surface area (Å²) in [5, 5.41) is 3.85. The molecule has 0 saturated carbocycles. The number of furan rings is 2. The van der Waals surface area contributed by atoms with Crippen LogP contribution in [0.25, 0.3) is 11.1 Å². The Balaban J connectivity index is 1.51. The number of ether oxygens (including phenoxy) is 1. The summed E-state index contributed by atoms with van der Waals surface area (Å²) in [4.78, 5) is 23.9. The van der Waals surface area contributed by atoms with Crippen LogP contribution < -0.4 is 5.32 Å². The summed E-state index contributed by atoms with van der Waals surface area (Å²) in [6.45, 7) is 10.2. The molecule has 0 bridgehead atoms. The first kappa shape index (κ1) is 22.3. The van der Waals surface area contributed by atoms with Gasteiger partial charge in [0.05, 0.1) is 25.1 Å². The Morgan fingerprint density at radius 1 is 1.19 bits per heavy atom. The Morgan fingerprint density at radius 2 is 2.00 bits per heavy atom. The van der Waals surface area contributed by atoms with Crippen molar-refractivity contribution in [2.75, 3.05) is 18.5 Å². The van der Waals surface area contributed by atoms with Crippen molar-refractivity contribution in [3.05, 3.63) is 40.8 Å². The molecular weight excluding hydrogens is 408 g/mol. The van der Waals surface area contributed by atoms with E-state index >= 15 is 0 Å². The second-order valence-corrected chi connectivity index (χ2v) is 8.30. The minimum Gasteiger partial charge on any atom is -0.463 e. The van der Waals surface area contributed by atoms with E-state index in [0.717, 1.165) is 24.6 Å². The topological polar surface area (TPSA) is 93.6 Å². The van der Waals surface area contributed by atoms with Gasteiger partial charge in [-0.2, -0.15) is 4.98 Å². The van der Waals surface area contributed by atoms with Gasteiger partial charge in [0, 0.05) is 6.04 Å². The van der Waals surface area contributed by atoms with Gasteiger partial charge in [-0.05, 0) is 58.7 Å². The molecule has 0 amide bonds. The summed E-state index contributed by atoms with van der Waals surface area (Å²) in [6, 6.07) is 4.68. The van der Waals surface area contributed by atoms with Gasteiger partial charge in [-0.1, -0.05) is 13.3 Å². The number of rotatable bonds is 8. The summed E-state index contributed by atoms with van der Waals surface area (Å²) in [6.07, 6.45) is 5.00. The predicted molar refractivity (Wildman–Crippen MR) is 122 cm³/mol. The van der Waals surface area contributed by atoms with Gasteiger partial charge in [0.15, 0.2) is 0 Å². The van der Waals surface area contributed by atoms with Crippen LogP contribution in [0.3, 0.4) is 0 Å². The lowest BCUT2D eigenvalue weighted by Crippen LogP contribution is -2.38. The number of anilines is 1. The standard InChI is InChI=1S/C24H32N4O4/c1-5-17-9-7-8-12-28(17)14-19-11-10-18(32-19)13-25-22-21-20(24(29)30-6-2)15(3)31-23(21)27-16(4)26-22/h10-11,17H,5-9,12-14H2,1-4H3,(H,25,26,27)/t17-/m0/s1. The first-order valence-corrected chi connectivity index (χ1v) is 11.5. The highest BCUT2D eigenvalue weighted by molar-refractivity contribution is 6.07. The minimum atomic E-state index is -0.438. The predicted octanol–water partition coefficient (Wildman–Crippen LogP) is 4.99. The molecule has 172 valence electrons. The second-order valence-electron chi connectivity index (χ2n) is 8.30. The van der Waals surface area contributed by atoms with E-state index in [0.29, 0.717) is 46.7 Å². The molecule has 0 unspecified atom stereocenters. The summed E-state index contributed by atoms with van der Waals surface area (Å²) in [5.41, 5.74) is 0.733. The molecular formula is C24H32N4O4. The average molecular weight is 441 g/mol. The van der Waals surface area contributed by atoms with Gasteiger partial charge in [-0.25, -0.2) is 9.78 Å². The van der Waals surface area contributed by atoms with Gasteiger partial charge in [0.25, 0.3) is 0 Å². The van der Waals surface area contributed by atoms with Gasteiger partial charge < -0.3 is 18.9 Å². The number of aryl methyl sites for hydroxylation is 2. The van der Waals surface area contributed by atoms with Gasteiger partial charge in [-0.15, -0.1) is 0 Å². The number of esters is 1. The van der Waals surface area contributed by atoms with Crippen molar-refractivity contribution in [1.29, 1.82) is 0 Å². The molecule has 1 fully saturated rings. The summed E-state index contributed by atoms with van der Waals surface area (Å²) >= 11 is 0. The molecule has 4 rings (SSSR count). The van der Waals surface area contributed by atoms with E-state index in [1.165, 1.54) is 25.7 Å². The number of hydrogen-bond donors (Lipinski definition) is 1. The van der Waals surface area contributed by atoms with Crippen molar-refractivity contribution < 1.29 is 18.4 Å². The summed E-state index contributed by atoms with van der Waals surface area (Å²) < 4.78 is 17.0. The van der Waals surface area contributed by atoms with Crippen LogP contribution in [-0.2, 0) is 17.8 Å². The van der Waals surface area contributed by atoms with E-state index in [2.05, 4.69) is 27.1 Å². The Morgan fingerprint density at radius 3 is 2.78 bits per heavy atom. The minimum absolute atomic E-state index is 0.283. The number of carbonyl (C=O) groups is 1. The molecule has 1 aliphatic rings. The maximum absolute atomic E-state index is 12.5. The highest BCUT2D eigenvalue weighted by Crippen LogP contribution is 2.31. The number of aromatic nitrogens is 2. The monoisotopic (exact) mass is 440 g/mol. The number of likely N-dealkylation sites (tertiary alicyclic amines) is 1. The van der Waals surface area contributed by atoms with Crippen molar-refractivity contribution in [2.45, 2.75) is 72.5 Å². The fraction of sp³-hybridized carbons (Fsp3) is 0.542. The lowest BCUT2D eigenvalue weighted by molar-refractivity contribution is 0.0526. The highest BCUT2D eigenvalue weighted by Gasteiger charge is 2.25. The molecule has 3 aromatic heterocycles. The first-order chi connectivity index (χ1) is 15.5. The number of nitrogens with one attached hydrogen (secondary N) is 1. The van der Waals surface area contributed by atoms with Crippen LogP contribution in [0, 0.1) is 13.8 Å². The van der Waals surface area contributed by atoms with Crippen LogP contribution in [0.4, 0.5) is 5.82 Å². The lowest BCUT2D eigenvalue weighted by atomic mass is 10.00. The molecule has 0 spiro atoms. The molecule has 0 aliphatic carbocycles. The van der Waals surface area contributed by atoms with Crippen molar-refractivity contribution >= 4 is 22.9 Å². The Hall–Kier alpha value is -2.87. The maximum atomic E-state index is 12.5. The SMILES string of the molecule is CCOC(=O)c1c(C)oc2nc(C)nc(NCc3ccc(CN4CCCC[C@@H]4CC)o3)c12. The van der Waals surface area contributed by atoms with Crippen molar-refractivity contribution in [3.63, 3.8) is 0 Å². The van der Waals surface area contributed by atoms with Gasteiger partial charge in [0.1, 0.15) is 34.5 Å². The molecule has 1 atom stereocenters. The Labute approximate surface area is 188 Å². The highest BCUT2D eigenvalue weighted by atomic mass is 16.5. The maximum Gasteiger partial charge on any atom is 0.342 e. The van der Waals surface area contributed by atoms with Crippen LogP contribution in [0.1, 0.15) is 73.0 Å². The molecule has 8 heteroatoms. The number of nitrogens with zero attached hydrogens (tertiary/aromatic N) is 3. The molecule has 32 heavy (non-hydrogen) atoms. The number of fused-ring (bicyclic) bond motifs is 1. The molecule has 8 nitrogen and oxygen atoms in total. The van der Waals surface area contributed by atoms with Crippen LogP contribution >= 0.6 is 0 Å². The fourth-order valence-corrected chi connectivity index (χ4v) is 4.50. The van der Waals surface area contributed by atoms with E-state index in [1.54, 1.807) is 20.8 Å². The molecule has 3 aromatic rings. The summed E-state index contributed by atoms with van der Waals surface area (Å²) in [5.74, 6) is 2.90. The van der Waals surface area contributed by atoms with Gasteiger partial charge >= 0.3 is 5.97 Å². The quantitative estimate of drug-likeness (QED) is 0.490. The molecule has 4 heterocycles. The molecule has 0 aromatic carbocycles. The zero-order valence-corrected chi connectivity index (χ0v) is 19.4. The third kappa shape index (κ3) is 4.65. The zero-order chi connectivity index (χ0) is 22.7. The van der Waals surface area contributed by atoms with E-state index in [4.69, 9.17) is 13.6 Å². The van der Waals surface area contributed by atoms with E-state index < -0.39 is 5.97 Å². The van der Waals surface area contributed by atoms with Crippen molar-refractivity contribution in [1.82, 2.24) is 14.9 Å². The largest absolute Gasteiger partial charge is 0.463 e. The van der Waals surface area contributed by atoms with Crippen molar-refractivity contribution in [3.8, 4) is 0 Å². The number of hydrogen-bond acceptors (Lipinski definition) is 8. The third-order valence-electron chi connectivity index (χ3n) is 6.05. The lowest BCUT2D eigenvalue weighted by Gasteiger charge is -2.34. The van der Waals surface area contributed by atoms with Gasteiger partial charge in [-0.3, -0.25) is 4.90 Å².